The summed E-state index contributed by atoms with van der Waals surface area (Å²) in [5.74, 6) is -0.0759. The molecule has 1 aliphatic heterocycles. The Morgan fingerprint density at radius 1 is 1.27 bits per heavy atom. The van der Waals surface area contributed by atoms with Gasteiger partial charge in [0.2, 0.25) is 0 Å². The molecule has 1 amide bonds. The minimum absolute atomic E-state index is 0.0759. The first-order valence-corrected chi connectivity index (χ1v) is 6.76. The molecule has 1 aromatic heterocycles. The average molecular weight is 327 g/mol. The summed E-state index contributed by atoms with van der Waals surface area (Å²) in [6, 6.07) is 5.87. The van der Waals surface area contributed by atoms with Crippen LogP contribution in [0.3, 0.4) is 0 Å². The number of pyridine rings is 1. The number of carbonyl (C=O) groups excluding carboxylic acids is 1. The van der Waals surface area contributed by atoms with Crippen LogP contribution in [-0.4, -0.2) is 22.8 Å². The molecule has 2 aromatic rings. The highest BCUT2D eigenvalue weighted by Crippen LogP contribution is 2.35. The van der Waals surface area contributed by atoms with Crippen molar-refractivity contribution < 1.29 is 18.0 Å². The van der Waals surface area contributed by atoms with Crippen LogP contribution in [0.15, 0.2) is 30.5 Å². The van der Waals surface area contributed by atoms with Crippen molar-refractivity contribution in [2.75, 3.05) is 7.05 Å². The number of nitrogens with zero attached hydrogens (tertiary/aromatic N) is 2. The third kappa shape index (κ3) is 2.43. The predicted molar refractivity (Wildman–Crippen MR) is 75.5 cm³/mol. The molecular weight excluding hydrogens is 317 g/mol. The Morgan fingerprint density at radius 3 is 2.64 bits per heavy atom. The van der Waals surface area contributed by atoms with Crippen molar-refractivity contribution in [1.29, 1.82) is 0 Å². The van der Waals surface area contributed by atoms with E-state index in [9.17, 15) is 18.0 Å². The number of fused-ring (bicyclic) bond motifs is 1. The Hall–Kier alpha value is -2.08. The third-order valence-corrected chi connectivity index (χ3v) is 3.82. The number of halogens is 4. The molecule has 3 rings (SSSR count). The fraction of sp³-hybridized carbons (Fsp3) is 0.200. The molecule has 0 aliphatic carbocycles. The van der Waals surface area contributed by atoms with Crippen LogP contribution in [0.5, 0.6) is 0 Å². The zero-order valence-corrected chi connectivity index (χ0v) is 12.2. The van der Waals surface area contributed by atoms with Gasteiger partial charge in [-0.15, -0.1) is 0 Å². The fourth-order valence-electron chi connectivity index (χ4n) is 2.42. The molecule has 7 heteroatoms. The lowest BCUT2D eigenvalue weighted by Gasteiger charge is -2.10. The summed E-state index contributed by atoms with van der Waals surface area (Å²) in [7, 11) is 1.69. The van der Waals surface area contributed by atoms with E-state index in [1.807, 2.05) is 0 Å². The number of carbonyl (C=O) groups is 1. The smallest absolute Gasteiger partial charge is 0.337 e. The van der Waals surface area contributed by atoms with E-state index in [0.717, 1.165) is 17.8 Å². The Morgan fingerprint density at radius 2 is 2.00 bits per heavy atom. The van der Waals surface area contributed by atoms with E-state index < -0.39 is 11.7 Å². The highest BCUT2D eigenvalue weighted by atomic mass is 35.5. The van der Waals surface area contributed by atoms with Gasteiger partial charge < -0.3 is 4.90 Å². The Labute approximate surface area is 129 Å². The zero-order chi connectivity index (χ0) is 16.1. The first-order valence-electron chi connectivity index (χ1n) is 6.39. The molecule has 1 aliphatic rings. The number of amides is 1. The molecule has 0 radical (unpaired) electrons. The summed E-state index contributed by atoms with van der Waals surface area (Å²) in [6.45, 7) is 0.459. The summed E-state index contributed by atoms with van der Waals surface area (Å²) in [5, 5.41) is -0.0764. The van der Waals surface area contributed by atoms with Gasteiger partial charge in [0.25, 0.3) is 5.91 Å². The van der Waals surface area contributed by atoms with Crippen LogP contribution in [0.2, 0.25) is 5.02 Å². The van der Waals surface area contributed by atoms with Gasteiger partial charge in [-0.3, -0.25) is 9.78 Å². The molecular formula is C15H10ClF3N2O. The van der Waals surface area contributed by atoms with Crippen LogP contribution in [0.1, 0.15) is 21.5 Å². The first-order chi connectivity index (χ1) is 10.3. The van der Waals surface area contributed by atoms with Gasteiger partial charge in [0.05, 0.1) is 16.3 Å². The first kappa shape index (κ1) is 14.8. The Bertz CT molecular complexity index is 774. The summed E-state index contributed by atoms with van der Waals surface area (Å²) in [6.07, 6.45) is -3.73. The number of hydrogen-bond acceptors (Lipinski definition) is 2. The van der Waals surface area contributed by atoms with Gasteiger partial charge in [-0.2, -0.15) is 13.2 Å². The summed E-state index contributed by atoms with van der Waals surface area (Å²) in [5.41, 5.74) is 1.36. The molecule has 0 atom stereocenters. The monoisotopic (exact) mass is 326 g/mol. The SMILES string of the molecule is CN1Cc2cc(-c3ncc(C(F)(F)F)cc3Cl)ccc2C1=O. The molecule has 2 heterocycles. The van der Waals surface area contributed by atoms with E-state index in [-0.39, 0.29) is 16.6 Å². The van der Waals surface area contributed by atoms with Crippen molar-refractivity contribution >= 4 is 17.5 Å². The van der Waals surface area contributed by atoms with E-state index in [1.54, 1.807) is 30.1 Å². The largest absolute Gasteiger partial charge is 0.417 e. The second-order valence-corrected chi connectivity index (χ2v) is 5.49. The van der Waals surface area contributed by atoms with E-state index in [2.05, 4.69) is 4.98 Å². The molecule has 0 saturated heterocycles. The normalized spacial score (nSPS) is 14.4. The maximum Gasteiger partial charge on any atom is 0.417 e. The van der Waals surface area contributed by atoms with Gasteiger partial charge in [0, 0.05) is 30.9 Å². The van der Waals surface area contributed by atoms with Crippen molar-refractivity contribution in [3.05, 3.63) is 52.2 Å². The lowest BCUT2D eigenvalue weighted by molar-refractivity contribution is -0.137. The fourth-order valence-corrected chi connectivity index (χ4v) is 2.69. The minimum Gasteiger partial charge on any atom is -0.337 e. The summed E-state index contributed by atoms with van der Waals surface area (Å²) < 4.78 is 37.9. The van der Waals surface area contributed by atoms with Crippen LogP contribution in [0.25, 0.3) is 11.3 Å². The molecule has 114 valence electrons. The van der Waals surface area contributed by atoms with Crippen LogP contribution < -0.4 is 0 Å². The molecule has 0 spiro atoms. The van der Waals surface area contributed by atoms with Gasteiger partial charge in [-0.25, -0.2) is 0 Å². The molecule has 0 unspecified atom stereocenters. The second kappa shape index (κ2) is 4.98. The summed E-state index contributed by atoms with van der Waals surface area (Å²) >= 11 is 5.94. The number of aromatic nitrogens is 1. The average Bonchev–Trinajstić information content (AvgIpc) is 2.72. The predicted octanol–water partition coefficient (Wildman–Crippen LogP) is 4.01. The quantitative estimate of drug-likeness (QED) is 0.793. The molecule has 0 saturated carbocycles. The minimum atomic E-state index is -4.48. The van der Waals surface area contributed by atoms with Crippen molar-refractivity contribution in [1.82, 2.24) is 9.88 Å². The lowest BCUT2D eigenvalue weighted by atomic mass is 10.0. The Balaban J connectivity index is 2.03. The van der Waals surface area contributed by atoms with Gasteiger partial charge in [-0.1, -0.05) is 17.7 Å². The van der Waals surface area contributed by atoms with E-state index in [1.165, 1.54) is 0 Å². The van der Waals surface area contributed by atoms with Gasteiger partial charge >= 0.3 is 6.18 Å². The topological polar surface area (TPSA) is 33.2 Å². The van der Waals surface area contributed by atoms with E-state index >= 15 is 0 Å². The zero-order valence-electron chi connectivity index (χ0n) is 11.4. The van der Waals surface area contributed by atoms with E-state index in [0.29, 0.717) is 17.7 Å². The van der Waals surface area contributed by atoms with Gasteiger partial charge in [0.15, 0.2) is 0 Å². The van der Waals surface area contributed by atoms with Crippen LogP contribution in [-0.2, 0) is 12.7 Å². The molecule has 0 fully saturated rings. The van der Waals surface area contributed by atoms with Gasteiger partial charge in [0.1, 0.15) is 0 Å². The summed E-state index contributed by atoms with van der Waals surface area (Å²) in [4.78, 5) is 17.2. The molecule has 0 bridgehead atoms. The Kier molecular flexibility index (Phi) is 3.36. The maximum atomic E-state index is 12.6. The number of rotatable bonds is 1. The molecule has 0 N–H and O–H groups in total. The van der Waals surface area contributed by atoms with Crippen molar-refractivity contribution in [3.8, 4) is 11.3 Å². The van der Waals surface area contributed by atoms with Crippen LogP contribution in [0, 0.1) is 0 Å². The van der Waals surface area contributed by atoms with Crippen molar-refractivity contribution in [2.45, 2.75) is 12.7 Å². The van der Waals surface area contributed by atoms with Gasteiger partial charge in [-0.05, 0) is 23.8 Å². The highest BCUT2D eigenvalue weighted by molar-refractivity contribution is 6.33. The van der Waals surface area contributed by atoms with Crippen LogP contribution in [0.4, 0.5) is 13.2 Å². The van der Waals surface area contributed by atoms with Crippen molar-refractivity contribution in [2.24, 2.45) is 0 Å². The van der Waals surface area contributed by atoms with E-state index in [4.69, 9.17) is 11.6 Å². The molecule has 22 heavy (non-hydrogen) atoms. The standard InChI is InChI=1S/C15H10ClF3N2O/c1-21-7-9-4-8(2-3-11(9)14(21)22)13-12(16)5-10(6-20-13)15(17,18)19/h2-6H,7H2,1H3. The third-order valence-electron chi connectivity index (χ3n) is 3.53. The highest BCUT2D eigenvalue weighted by Gasteiger charge is 2.32. The molecule has 3 nitrogen and oxygen atoms in total. The number of benzene rings is 1. The van der Waals surface area contributed by atoms with Crippen molar-refractivity contribution in [3.63, 3.8) is 0 Å². The number of alkyl halides is 3. The lowest BCUT2D eigenvalue weighted by Crippen LogP contribution is -2.17. The maximum absolute atomic E-state index is 12.6. The molecule has 1 aromatic carbocycles. The second-order valence-electron chi connectivity index (χ2n) is 5.09. The number of hydrogen-bond donors (Lipinski definition) is 0. The van der Waals surface area contributed by atoms with Crippen LogP contribution >= 0.6 is 11.6 Å².